The number of benzene rings is 1. The Balaban J connectivity index is 1.54. The van der Waals surface area contributed by atoms with Gasteiger partial charge in [-0.3, -0.25) is 0 Å². The minimum absolute atomic E-state index is 0.194. The van der Waals surface area contributed by atoms with Crippen LogP contribution >= 0.6 is 11.3 Å². The van der Waals surface area contributed by atoms with Gasteiger partial charge in [0.05, 0.1) is 34.6 Å². The van der Waals surface area contributed by atoms with Gasteiger partial charge in [-0.2, -0.15) is 9.78 Å². The van der Waals surface area contributed by atoms with Gasteiger partial charge in [-0.05, 0) is 98.2 Å². The Morgan fingerprint density at radius 1 is 0.930 bits per heavy atom. The third kappa shape index (κ3) is 7.22. The van der Waals surface area contributed by atoms with Crippen molar-refractivity contribution in [3.8, 4) is 17.1 Å². The van der Waals surface area contributed by atoms with Crippen LogP contribution in [0.5, 0.6) is 5.75 Å². The lowest BCUT2D eigenvalue weighted by Crippen LogP contribution is -2.31. The molecule has 11 heteroatoms. The molecule has 0 atom stereocenters. The molecule has 1 N–H and O–H groups in total. The zero-order valence-corrected chi connectivity index (χ0v) is 26.8. The fourth-order valence-corrected chi connectivity index (χ4v) is 6.25. The predicted molar refractivity (Wildman–Crippen MR) is 168 cm³/mol. The lowest BCUT2D eigenvalue weighted by atomic mass is 10.1. The van der Waals surface area contributed by atoms with Gasteiger partial charge in [0.1, 0.15) is 22.6 Å². The largest absolute Gasteiger partial charge is 0.493 e. The summed E-state index contributed by atoms with van der Waals surface area (Å²) in [6.07, 6.45) is 3.54. The van der Waals surface area contributed by atoms with E-state index in [1.54, 1.807) is 26.8 Å². The maximum atomic E-state index is 13.7. The summed E-state index contributed by atoms with van der Waals surface area (Å²) in [5.74, 6) is 0.656. The Bertz CT molecular complexity index is 1610. The first kappa shape index (κ1) is 31.0. The standard InChI is InChI=1S/C32H42N4O6S/c1-31(2,3)41-29(38)35-24-18-22(40-16-10-15-34-13-8-7-9-14-34)12-11-21(24)17-25(35)27-28-26(19-23(20-37)43-28)36(33-27)30(39)42-32(4,5)6/h11-12,17-19,37H,7-10,13-16,20H2,1-6H3. The van der Waals surface area contributed by atoms with Crippen molar-refractivity contribution in [3.63, 3.8) is 0 Å². The topological polar surface area (TPSA) is 108 Å². The molecule has 1 aliphatic heterocycles. The molecule has 4 aromatic rings. The second kappa shape index (κ2) is 12.3. The Morgan fingerprint density at radius 2 is 1.63 bits per heavy atom. The first-order valence-corrected chi connectivity index (χ1v) is 15.7. The van der Waals surface area contributed by atoms with Crippen molar-refractivity contribution in [2.45, 2.75) is 85.0 Å². The lowest BCUT2D eigenvalue weighted by Gasteiger charge is -2.26. The highest BCUT2D eigenvalue weighted by Crippen LogP contribution is 2.38. The van der Waals surface area contributed by atoms with Crippen molar-refractivity contribution in [3.05, 3.63) is 35.2 Å². The Morgan fingerprint density at radius 3 is 2.30 bits per heavy atom. The van der Waals surface area contributed by atoms with Crippen LogP contribution in [-0.4, -0.2) is 74.0 Å². The quantitative estimate of drug-likeness (QED) is 0.222. The zero-order chi connectivity index (χ0) is 30.9. The van der Waals surface area contributed by atoms with Crippen molar-refractivity contribution >= 4 is 44.6 Å². The molecule has 1 fully saturated rings. The average Bonchev–Trinajstić information content (AvgIpc) is 3.61. The molecule has 0 saturated carbocycles. The van der Waals surface area contributed by atoms with Crippen LogP contribution in [0.2, 0.25) is 0 Å². The van der Waals surface area contributed by atoms with Crippen LogP contribution in [0.1, 0.15) is 72.1 Å². The summed E-state index contributed by atoms with van der Waals surface area (Å²) >= 11 is 1.31. The van der Waals surface area contributed by atoms with Gasteiger partial charge in [0.2, 0.25) is 0 Å². The van der Waals surface area contributed by atoms with Crippen molar-refractivity contribution in [2.24, 2.45) is 0 Å². The number of thiophene rings is 1. The minimum Gasteiger partial charge on any atom is -0.493 e. The van der Waals surface area contributed by atoms with Crippen LogP contribution in [0.3, 0.4) is 0 Å². The predicted octanol–water partition coefficient (Wildman–Crippen LogP) is 7.03. The number of aliphatic hydroxyl groups is 1. The fraction of sp³-hybridized carbons (Fsp3) is 0.531. The molecule has 10 nitrogen and oxygen atoms in total. The molecule has 0 unspecified atom stereocenters. The Hall–Kier alpha value is -3.41. The molecule has 1 aromatic carbocycles. The van der Waals surface area contributed by atoms with Crippen molar-refractivity contribution < 1.29 is 28.9 Å². The van der Waals surface area contributed by atoms with E-state index < -0.39 is 23.4 Å². The minimum atomic E-state index is -0.744. The van der Waals surface area contributed by atoms with E-state index in [9.17, 15) is 14.7 Å². The Labute approximate surface area is 256 Å². The van der Waals surface area contributed by atoms with Crippen LogP contribution in [0.25, 0.3) is 32.5 Å². The van der Waals surface area contributed by atoms with E-state index in [1.807, 2.05) is 45.0 Å². The van der Waals surface area contributed by atoms with E-state index in [-0.39, 0.29) is 6.61 Å². The van der Waals surface area contributed by atoms with E-state index >= 15 is 0 Å². The number of fused-ring (bicyclic) bond motifs is 2. The first-order valence-electron chi connectivity index (χ1n) is 14.9. The number of likely N-dealkylation sites (tertiary alicyclic amines) is 1. The van der Waals surface area contributed by atoms with Crippen molar-refractivity contribution in [1.29, 1.82) is 0 Å². The zero-order valence-electron chi connectivity index (χ0n) is 25.9. The van der Waals surface area contributed by atoms with E-state index in [1.165, 1.54) is 39.8 Å². The van der Waals surface area contributed by atoms with Gasteiger partial charge >= 0.3 is 12.2 Å². The molecule has 43 heavy (non-hydrogen) atoms. The summed E-state index contributed by atoms with van der Waals surface area (Å²) in [5.41, 5.74) is 0.502. The molecule has 0 aliphatic carbocycles. The number of carbonyl (C=O) groups excluding carboxylic acids is 2. The van der Waals surface area contributed by atoms with Gasteiger partial charge in [-0.15, -0.1) is 11.3 Å². The molecule has 0 radical (unpaired) electrons. The fourth-order valence-electron chi connectivity index (χ4n) is 5.26. The van der Waals surface area contributed by atoms with Crippen molar-refractivity contribution in [1.82, 2.24) is 19.2 Å². The number of aliphatic hydroxyl groups excluding tert-OH is 1. The molecule has 1 aliphatic rings. The third-order valence-corrected chi connectivity index (χ3v) is 8.18. The van der Waals surface area contributed by atoms with E-state index in [4.69, 9.17) is 14.2 Å². The molecule has 1 saturated heterocycles. The molecule has 5 rings (SSSR count). The molecular formula is C32H42N4O6S. The van der Waals surface area contributed by atoms with E-state index in [0.717, 1.165) is 31.4 Å². The van der Waals surface area contributed by atoms with Crippen LogP contribution in [-0.2, 0) is 16.1 Å². The summed E-state index contributed by atoms with van der Waals surface area (Å²) in [6.45, 7) is 14.5. The molecule has 0 amide bonds. The van der Waals surface area contributed by atoms with E-state index in [2.05, 4.69) is 10.00 Å². The maximum absolute atomic E-state index is 13.7. The Kier molecular flexibility index (Phi) is 8.87. The SMILES string of the molecule is CC(C)(C)OC(=O)n1nc(-c2cc3ccc(OCCCN4CCCCC4)cc3n2C(=O)OC(C)(C)C)c2sc(CO)cc21. The summed E-state index contributed by atoms with van der Waals surface area (Å²) in [6, 6.07) is 9.24. The number of hydrogen-bond acceptors (Lipinski definition) is 9. The highest BCUT2D eigenvalue weighted by atomic mass is 32.1. The molecular weight excluding hydrogens is 568 g/mol. The normalized spacial score (nSPS) is 14.9. The number of nitrogens with zero attached hydrogens (tertiary/aromatic N) is 4. The first-order chi connectivity index (χ1) is 20.3. The molecule has 3 aromatic heterocycles. The van der Waals surface area contributed by atoms with Gasteiger partial charge in [0.25, 0.3) is 0 Å². The number of aromatic nitrogens is 3. The molecule has 4 heterocycles. The van der Waals surface area contributed by atoms with Crippen LogP contribution in [0.15, 0.2) is 30.3 Å². The summed E-state index contributed by atoms with van der Waals surface area (Å²) in [5, 5.41) is 15.3. The van der Waals surface area contributed by atoms with Crippen molar-refractivity contribution in [2.75, 3.05) is 26.2 Å². The lowest BCUT2D eigenvalue weighted by molar-refractivity contribution is 0.0520. The second-order valence-electron chi connectivity index (χ2n) is 13.0. The van der Waals surface area contributed by atoms with Gasteiger partial charge in [0, 0.05) is 22.9 Å². The number of piperidine rings is 1. The van der Waals surface area contributed by atoms with Gasteiger partial charge in [-0.25, -0.2) is 14.2 Å². The third-order valence-electron chi connectivity index (χ3n) is 7.06. The highest BCUT2D eigenvalue weighted by molar-refractivity contribution is 7.19. The molecule has 0 bridgehead atoms. The van der Waals surface area contributed by atoms with Crippen LogP contribution in [0, 0.1) is 0 Å². The smallest absolute Gasteiger partial charge is 0.435 e. The number of hydrogen-bond donors (Lipinski definition) is 1. The highest BCUT2D eigenvalue weighted by Gasteiger charge is 2.29. The second-order valence-corrected chi connectivity index (χ2v) is 14.1. The number of rotatable bonds is 7. The molecule has 232 valence electrons. The van der Waals surface area contributed by atoms with Gasteiger partial charge in [-0.1, -0.05) is 6.42 Å². The number of ether oxygens (including phenoxy) is 3. The maximum Gasteiger partial charge on any atom is 0.435 e. The number of carbonyl (C=O) groups is 2. The summed E-state index contributed by atoms with van der Waals surface area (Å²) in [4.78, 5) is 30.0. The molecule has 0 spiro atoms. The van der Waals surface area contributed by atoms with E-state index in [0.29, 0.717) is 44.4 Å². The van der Waals surface area contributed by atoms with Crippen LogP contribution < -0.4 is 4.74 Å². The summed E-state index contributed by atoms with van der Waals surface area (Å²) < 4.78 is 20.9. The van der Waals surface area contributed by atoms with Gasteiger partial charge < -0.3 is 24.2 Å². The van der Waals surface area contributed by atoms with Crippen LogP contribution in [0.4, 0.5) is 9.59 Å². The summed E-state index contributed by atoms with van der Waals surface area (Å²) in [7, 11) is 0. The average molecular weight is 611 g/mol. The monoisotopic (exact) mass is 610 g/mol. The van der Waals surface area contributed by atoms with Gasteiger partial charge in [0.15, 0.2) is 0 Å².